The predicted octanol–water partition coefficient (Wildman–Crippen LogP) is 1.74. The molecule has 1 rings (SSSR count). The Morgan fingerprint density at radius 3 is 2.72 bits per heavy atom. The average molecular weight is 254 g/mol. The second kappa shape index (κ2) is 8.25. The van der Waals surface area contributed by atoms with E-state index in [1.807, 2.05) is 6.92 Å². The molecule has 0 aromatic heterocycles. The number of ketones is 1. The zero-order valence-corrected chi connectivity index (χ0v) is 11.7. The molecule has 4 heteroatoms. The summed E-state index contributed by atoms with van der Waals surface area (Å²) >= 11 is 0. The summed E-state index contributed by atoms with van der Waals surface area (Å²) in [5.74, 6) is 0.369. The summed E-state index contributed by atoms with van der Waals surface area (Å²) in [6.07, 6.45) is 5.90. The van der Waals surface area contributed by atoms with E-state index in [-0.39, 0.29) is 11.7 Å². The van der Waals surface area contributed by atoms with Gasteiger partial charge in [-0.3, -0.25) is 14.5 Å². The van der Waals surface area contributed by atoms with Crippen molar-refractivity contribution in [1.82, 2.24) is 10.2 Å². The number of Topliss-reactive ketones (excluding diaryl/α,β-unsaturated/α-hetero) is 1. The lowest BCUT2D eigenvalue weighted by Crippen LogP contribution is -2.39. The molecule has 0 radical (unpaired) electrons. The Morgan fingerprint density at radius 2 is 2.06 bits per heavy atom. The molecule has 0 spiro atoms. The zero-order chi connectivity index (χ0) is 13.4. The quantitative estimate of drug-likeness (QED) is 0.785. The molecule has 0 saturated carbocycles. The summed E-state index contributed by atoms with van der Waals surface area (Å²) in [7, 11) is 0. The lowest BCUT2D eigenvalue weighted by Gasteiger charge is -2.29. The van der Waals surface area contributed by atoms with Gasteiger partial charge in [-0.1, -0.05) is 12.8 Å². The number of nitrogens with one attached hydrogen (secondary N) is 1. The van der Waals surface area contributed by atoms with Gasteiger partial charge in [0.2, 0.25) is 5.91 Å². The number of amides is 1. The molecule has 1 saturated heterocycles. The molecule has 1 amide bonds. The van der Waals surface area contributed by atoms with Crippen molar-refractivity contribution in [2.75, 3.05) is 19.6 Å². The number of carbonyl (C=O) groups excluding carboxylic acids is 2. The maximum absolute atomic E-state index is 11.5. The van der Waals surface area contributed by atoms with Gasteiger partial charge in [0.15, 0.2) is 0 Å². The van der Waals surface area contributed by atoms with Crippen LogP contribution in [0.25, 0.3) is 0 Å². The van der Waals surface area contributed by atoms with Gasteiger partial charge in [-0.2, -0.15) is 0 Å². The molecule has 0 aromatic rings. The van der Waals surface area contributed by atoms with Crippen LogP contribution in [-0.2, 0) is 9.59 Å². The molecule has 1 atom stereocenters. The van der Waals surface area contributed by atoms with Crippen molar-refractivity contribution in [1.29, 1.82) is 0 Å². The molecule has 1 aliphatic heterocycles. The Labute approximate surface area is 110 Å². The fourth-order valence-electron chi connectivity index (χ4n) is 2.62. The first kappa shape index (κ1) is 15.2. The largest absolute Gasteiger partial charge is 0.356 e. The summed E-state index contributed by atoms with van der Waals surface area (Å²) in [4.78, 5) is 25.1. The van der Waals surface area contributed by atoms with Crippen LogP contribution < -0.4 is 5.32 Å². The third-order valence-electron chi connectivity index (χ3n) is 3.52. The van der Waals surface area contributed by atoms with Crippen LogP contribution in [0, 0.1) is 0 Å². The van der Waals surface area contributed by atoms with Gasteiger partial charge in [0, 0.05) is 32.0 Å². The summed E-state index contributed by atoms with van der Waals surface area (Å²) in [5.41, 5.74) is 0. The highest BCUT2D eigenvalue weighted by atomic mass is 16.1. The molecule has 1 heterocycles. The lowest BCUT2D eigenvalue weighted by molar-refractivity contribution is -0.121. The first-order valence-electron chi connectivity index (χ1n) is 7.13. The minimum atomic E-state index is 0.114. The van der Waals surface area contributed by atoms with Crippen molar-refractivity contribution >= 4 is 11.7 Å². The van der Waals surface area contributed by atoms with E-state index in [1.54, 1.807) is 6.92 Å². The van der Waals surface area contributed by atoms with E-state index in [0.29, 0.717) is 25.4 Å². The van der Waals surface area contributed by atoms with Crippen molar-refractivity contribution in [2.45, 2.75) is 58.4 Å². The minimum Gasteiger partial charge on any atom is -0.356 e. The maximum atomic E-state index is 11.5. The van der Waals surface area contributed by atoms with Gasteiger partial charge in [-0.15, -0.1) is 0 Å². The third kappa shape index (κ3) is 5.63. The molecule has 104 valence electrons. The van der Waals surface area contributed by atoms with Crippen LogP contribution in [0.15, 0.2) is 0 Å². The molecule has 0 aliphatic carbocycles. The van der Waals surface area contributed by atoms with Crippen LogP contribution in [0.4, 0.5) is 0 Å². The van der Waals surface area contributed by atoms with Crippen molar-refractivity contribution in [2.24, 2.45) is 0 Å². The van der Waals surface area contributed by atoms with Crippen LogP contribution in [0.2, 0.25) is 0 Å². The third-order valence-corrected chi connectivity index (χ3v) is 3.52. The number of hydrogen-bond donors (Lipinski definition) is 1. The van der Waals surface area contributed by atoms with Gasteiger partial charge >= 0.3 is 0 Å². The highest BCUT2D eigenvalue weighted by molar-refractivity contribution is 5.76. The highest BCUT2D eigenvalue weighted by Crippen LogP contribution is 2.19. The number of likely N-dealkylation sites (tertiary alicyclic amines) is 1. The molecule has 0 bridgehead atoms. The maximum Gasteiger partial charge on any atom is 0.221 e. The van der Waals surface area contributed by atoms with Gasteiger partial charge in [0.25, 0.3) is 0 Å². The molecule has 4 nitrogen and oxygen atoms in total. The second-order valence-electron chi connectivity index (χ2n) is 5.15. The standard InChI is InChI=1S/C14H26N2O2/c1-3-15-14(18)8-10-16-9-6-4-5-7-13(16)11-12(2)17/h13H,3-11H2,1-2H3,(H,15,18). The Bertz CT molecular complexity index is 279. The molecule has 18 heavy (non-hydrogen) atoms. The molecular weight excluding hydrogens is 228 g/mol. The van der Waals surface area contributed by atoms with Crippen molar-refractivity contribution in [3.05, 3.63) is 0 Å². The van der Waals surface area contributed by atoms with E-state index in [2.05, 4.69) is 10.2 Å². The predicted molar refractivity (Wildman–Crippen MR) is 72.4 cm³/mol. The van der Waals surface area contributed by atoms with Crippen LogP contribution in [0.5, 0.6) is 0 Å². The number of carbonyl (C=O) groups is 2. The Kier molecular flexibility index (Phi) is 6.94. The molecular formula is C14H26N2O2. The van der Waals surface area contributed by atoms with E-state index in [1.165, 1.54) is 19.3 Å². The van der Waals surface area contributed by atoms with E-state index < -0.39 is 0 Å². The van der Waals surface area contributed by atoms with Crippen molar-refractivity contribution in [3.8, 4) is 0 Å². The molecule has 1 aliphatic rings. The first-order chi connectivity index (χ1) is 8.63. The second-order valence-corrected chi connectivity index (χ2v) is 5.15. The lowest BCUT2D eigenvalue weighted by atomic mass is 10.0. The van der Waals surface area contributed by atoms with Crippen LogP contribution in [-0.4, -0.2) is 42.3 Å². The average Bonchev–Trinajstić information content (AvgIpc) is 2.52. The topological polar surface area (TPSA) is 49.4 Å². The highest BCUT2D eigenvalue weighted by Gasteiger charge is 2.22. The van der Waals surface area contributed by atoms with Crippen LogP contribution in [0.1, 0.15) is 52.4 Å². The summed E-state index contributed by atoms with van der Waals surface area (Å²) in [6.45, 7) is 6.09. The smallest absolute Gasteiger partial charge is 0.221 e. The fourth-order valence-corrected chi connectivity index (χ4v) is 2.62. The normalized spacial score (nSPS) is 21.3. The van der Waals surface area contributed by atoms with E-state index in [9.17, 15) is 9.59 Å². The fraction of sp³-hybridized carbons (Fsp3) is 0.857. The zero-order valence-electron chi connectivity index (χ0n) is 11.7. The Balaban J connectivity index is 2.45. The van der Waals surface area contributed by atoms with Crippen LogP contribution in [0.3, 0.4) is 0 Å². The molecule has 1 fully saturated rings. The SMILES string of the molecule is CCNC(=O)CCN1CCCCCC1CC(C)=O. The van der Waals surface area contributed by atoms with Crippen molar-refractivity contribution in [3.63, 3.8) is 0 Å². The first-order valence-corrected chi connectivity index (χ1v) is 7.13. The van der Waals surface area contributed by atoms with E-state index >= 15 is 0 Å². The number of hydrogen-bond acceptors (Lipinski definition) is 3. The summed E-state index contributed by atoms with van der Waals surface area (Å²) in [5, 5.41) is 2.82. The van der Waals surface area contributed by atoms with Crippen molar-refractivity contribution < 1.29 is 9.59 Å². The summed E-state index contributed by atoms with van der Waals surface area (Å²) in [6, 6.07) is 0.347. The summed E-state index contributed by atoms with van der Waals surface area (Å²) < 4.78 is 0. The molecule has 0 aromatic carbocycles. The Hall–Kier alpha value is -0.900. The van der Waals surface area contributed by atoms with Gasteiger partial charge < -0.3 is 5.32 Å². The van der Waals surface area contributed by atoms with E-state index in [0.717, 1.165) is 19.5 Å². The monoisotopic (exact) mass is 254 g/mol. The number of rotatable bonds is 6. The molecule has 1 unspecified atom stereocenters. The van der Waals surface area contributed by atoms with Gasteiger partial charge in [0.1, 0.15) is 5.78 Å². The van der Waals surface area contributed by atoms with Gasteiger partial charge in [0.05, 0.1) is 0 Å². The number of nitrogens with zero attached hydrogens (tertiary/aromatic N) is 1. The Morgan fingerprint density at radius 1 is 1.28 bits per heavy atom. The van der Waals surface area contributed by atoms with Crippen LogP contribution >= 0.6 is 0 Å². The van der Waals surface area contributed by atoms with Gasteiger partial charge in [-0.25, -0.2) is 0 Å². The minimum absolute atomic E-state index is 0.114. The molecule has 1 N–H and O–H groups in total. The van der Waals surface area contributed by atoms with Gasteiger partial charge in [-0.05, 0) is 33.2 Å². The van der Waals surface area contributed by atoms with E-state index in [4.69, 9.17) is 0 Å².